The number of H-pyrrole nitrogens is 1. The van der Waals surface area contributed by atoms with Crippen LogP contribution in [0.25, 0.3) is 10.9 Å². The standard InChI is InChI=1S/C23H22N2O2S/c1-16-10-12-19(13-11-16)28(26,27)25-23(18-7-5-6-17(2)14-18)21-15-24-22-9-4-3-8-20(21)22/h3-15,23-25H,1-2H3. The fraction of sp³-hybridized carbons (Fsp3) is 0.130. The number of benzene rings is 3. The van der Waals surface area contributed by atoms with Crippen molar-refractivity contribution in [1.29, 1.82) is 0 Å². The van der Waals surface area contributed by atoms with Gasteiger partial charge >= 0.3 is 0 Å². The first kappa shape index (κ1) is 18.5. The van der Waals surface area contributed by atoms with Crippen LogP contribution in [0.1, 0.15) is 28.3 Å². The predicted octanol–water partition coefficient (Wildman–Crippen LogP) is 4.85. The molecule has 0 saturated carbocycles. The number of aromatic nitrogens is 1. The molecule has 0 aliphatic carbocycles. The molecule has 0 spiro atoms. The average Bonchev–Trinajstić information content (AvgIpc) is 3.10. The highest BCUT2D eigenvalue weighted by atomic mass is 32.2. The van der Waals surface area contributed by atoms with Crippen LogP contribution in [-0.2, 0) is 10.0 Å². The van der Waals surface area contributed by atoms with Crippen molar-refractivity contribution in [3.63, 3.8) is 0 Å². The van der Waals surface area contributed by atoms with Crippen molar-refractivity contribution in [3.8, 4) is 0 Å². The summed E-state index contributed by atoms with van der Waals surface area (Å²) in [5, 5.41) is 1.00. The van der Waals surface area contributed by atoms with Crippen LogP contribution in [0.5, 0.6) is 0 Å². The third-order valence-corrected chi connectivity index (χ3v) is 6.35. The predicted molar refractivity (Wildman–Crippen MR) is 113 cm³/mol. The number of hydrogen-bond donors (Lipinski definition) is 2. The van der Waals surface area contributed by atoms with E-state index in [1.807, 2.05) is 80.7 Å². The number of nitrogens with one attached hydrogen (secondary N) is 2. The van der Waals surface area contributed by atoms with Crippen LogP contribution < -0.4 is 4.72 Å². The molecular weight excluding hydrogens is 368 g/mol. The number of para-hydroxylation sites is 1. The van der Waals surface area contributed by atoms with Gasteiger partial charge < -0.3 is 4.98 Å². The van der Waals surface area contributed by atoms with E-state index in [9.17, 15) is 8.42 Å². The molecule has 0 aliphatic rings. The highest BCUT2D eigenvalue weighted by Crippen LogP contribution is 2.31. The molecule has 0 fully saturated rings. The summed E-state index contributed by atoms with van der Waals surface area (Å²) in [5.41, 5.74) is 4.88. The zero-order valence-electron chi connectivity index (χ0n) is 15.8. The summed E-state index contributed by atoms with van der Waals surface area (Å²) >= 11 is 0. The number of sulfonamides is 1. The van der Waals surface area contributed by atoms with Gasteiger partial charge in [0, 0.05) is 17.1 Å². The summed E-state index contributed by atoms with van der Waals surface area (Å²) in [6, 6.07) is 22.2. The van der Waals surface area contributed by atoms with Crippen molar-refractivity contribution in [2.45, 2.75) is 24.8 Å². The van der Waals surface area contributed by atoms with Crippen molar-refractivity contribution >= 4 is 20.9 Å². The number of hydrogen-bond acceptors (Lipinski definition) is 2. The van der Waals surface area contributed by atoms with Crippen LogP contribution in [-0.4, -0.2) is 13.4 Å². The van der Waals surface area contributed by atoms with Gasteiger partial charge in [0.15, 0.2) is 0 Å². The summed E-state index contributed by atoms with van der Waals surface area (Å²) in [6.07, 6.45) is 1.88. The summed E-state index contributed by atoms with van der Waals surface area (Å²) in [4.78, 5) is 3.51. The van der Waals surface area contributed by atoms with Gasteiger partial charge in [0.1, 0.15) is 0 Å². The van der Waals surface area contributed by atoms with E-state index in [0.29, 0.717) is 0 Å². The third-order valence-electron chi connectivity index (χ3n) is 4.91. The Morgan fingerprint density at radius 2 is 1.61 bits per heavy atom. The second-order valence-corrected chi connectivity index (χ2v) is 8.79. The Labute approximate surface area is 165 Å². The van der Waals surface area contributed by atoms with E-state index in [1.54, 1.807) is 12.1 Å². The van der Waals surface area contributed by atoms with Gasteiger partial charge in [0.05, 0.1) is 10.9 Å². The monoisotopic (exact) mass is 390 g/mol. The molecule has 0 amide bonds. The summed E-state index contributed by atoms with van der Waals surface area (Å²) in [5.74, 6) is 0. The quantitative estimate of drug-likeness (QED) is 0.511. The maximum absolute atomic E-state index is 13.1. The van der Waals surface area contributed by atoms with Crippen molar-refractivity contribution in [1.82, 2.24) is 9.71 Å². The van der Waals surface area contributed by atoms with Gasteiger partial charge in [0.25, 0.3) is 0 Å². The largest absolute Gasteiger partial charge is 0.361 e. The third kappa shape index (κ3) is 3.59. The fourth-order valence-corrected chi connectivity index (χ4v) is 4.64. The first-order chi connectivity index (χ1) is 13.4. The molecule has 1 heterocycles. The smallest absolute Gasteiger partial charge is 0.241 e. The SMILES string of the molecule is Cc1ccc(S(=O)(=O)NC(c2cccc(C)c2)c2c[nH]c3ccccc23)cc1. The molecule has 4 aromatic rings. The van der Waals surface area contributed by atoms with Crippen molar-refractivity contribution in [2.24, 2.45) is 0 Å². The summed E-state index contributed by atoms with van der Waals surface area (Å²) < 4.78 is 29.2. The van der Waals surface area contributed by atoms with E-state index < -0.39 is 16.1 Å². The van der Waals surface area contributed by atoms with Gasteiger partial charge in [-0.25, -0.2) is 8.42 Å². The second kappa shape index (κ2) is 7.26. The molecule has 1 atom stereocenters. The van der Waals surface area contributed by atoms with Crippen LogP contribution >= 0.6 is 0 Å². The van der Waals surface area contributed by atoms with Crippen LogP contribution in [0.3, 0.4) is 0 Å². The van der Waals surface area contributed by atoms with E-state index in [1.165, 1.54) is 0 Å². The van der Waals surface area contributed by atoms with Crippen LogP contribution in [0.15, 0.2) is 83.9 Å². The lowest BCUT2D eigenvalue weighted by molar-refractivity contribution is 0.572. The minimum absolute atomic E-state index is 0.260. The lowest BCUT2D eigenvalue weighted by atomic mass is 9.98. The van der Waals surface area contributed by atoms with E-state index >= 15 is 0 Å². The minimum atomic E-state index is -3.70. The van der Waals surface area contributed by atoms with Crippen molar-refractivity contribution in [3.05, 3.63) is 101 Å². The van der Waals surface area contributed by atoms with Crippen LogP contribution in [0.4, 0.5) is 0 Å². The Hall–Kier alpha value is -2.89. The maximum atomic E-state index is 13.1. The normalized spacial score (nSPS) is 12.9. The summed E-state index contributed by atoms with van der Waals surface area (Å²) in [6.45, 7) is 3.94. The Morgan fingerprint density at radius 3 is 2.36 bits per heavy atom. The van der Waals surface area contributed by atoms with E-state index in [4.69, 9.17) is 0 Å². The highest BCUT2D eigenvalue weighted by Gasteiger charge is 2.25. The second-order valence-electron chi connectivity index (χ2n) is 7.07. The molecular formula is C23H22N2O2S. The fourth-order valence-electron chi connectivity index (χ4n) is 3.43. The highest BCUT2D eigenvalue weighted by molar-refractivity contribution is 7.89. The zero-order valence-corrected chi connectivity index (χ0v) is 16.6. The molecule has 0 saturated heterocycles. The number of aromatic amines is 1. The molecule has 0 radical (unpaired) electrons. The maximum Gasteiger partial charge on any atom is 0.241 e. The van der Waals surface area contributed by atoms with E-state index in [0.717, 1.165) is 33.2 Å². The molecule has 2 N–H and O–H groups in total. The average molecular weight is 391 g/mol. The lowest BCUT2D eigenvalue weighted by Gasteiger charge is -2.20. The molecule has 5 heteroatoms. The van der Waals surface area contributed by atoms with Crippen molar-refractivity contribution < 1.29 is 8.42 Å². The molecule has 0 aliphatic heterocycles. The lowest BCUT2D eigenvalue weighted by Crippen LogP contribution is -2.29. The Balaban J connectivity index is 1.83. The van der Waals surface area contributed by atoms with Gasteiger partial charge in [-0.3, -0.25) is 0 Å². The molecule has 1 unspecified atom stereocenters. The molecule has 3 aromatic carbocycles. The number of aryl methyl sites for hydroxylation is 2. The van der Waals surface area contributed by atoms with Gasteiger partial charge in [-0.15, -0.1) is 0 Å². The molecule has 0 bridgehead atoms. The first-order valence-corrected chi connectivity index (χ1v) is 10.6. The van der Waals surface area contributed by atoms with Crippen molar-refractivity contribution in [2.75, 3.05) is 0 Å². The van der Waals surface area contributed by atoms with E-state index in [-0.39, 0.29) is 4.90 Å². The van der Waals surface area contributed by atoms with Gasteiger partial charge in [-0.05, 0) is 43.2 Å². The Kier molecular flexibility index (Phi) is 4.79. The summed E-state index contributed by atoms with van der Waals surface area (Å²) in [7, 11) is -3.70. The van der Waals surface area contributed by atoms with Crippen LogP contribution in [0, 0.1) is 13.8 Å². The number of fused-ring (bicyclic) bond motifs is 1. The Morgan fingerprint density at radius 1 is 0.857 bits per heavy atom. The molecule has 4 rings (SSSR count). The van der Waals surface area contributed by atoms with Gasteiger partial charge in [-0.2, -0.15) is 4.72 Å². The molecule has 28 heavy (non-hydrogen) atoms. The molecule has 1 aromatic heterocycles. The molecule has 4 nitrogen and oxygen atoms in total. The first-order valence-electron chi connectivity index (χ1n) is 9.16. The minimum Gasteiger partial charge on any atom is -0.361 e. The van der Waals surface area contributed by atoms with Crippen LogP contribution in [0.2, 0.25) is 0 Å². The Bertz CT molecular complexity index is 1220. The van der Waals surface area contributed by atoms with Gasteiger partial charge in [0.2, 0.25) is 10.0 Å². The van der Waals surface area contributed by atoms with E-state index in [2.05, 4.69) is 9.71 Å². The van der Waals surface area contributed by atoms with Gasteiger partial charge in [-0.1, -0.05) is 65.7 Å². The molecule has 142 valence electrons. The zero-order chi connectivity index (χ0) is 19.7. The topological polar surface area (TPSA) is 62.0 Å². The number of rotatable bonds is 5.